The predicted octanol–water partition coefficient (Wildman–Crippen LogP) is 2.57. The Morgan fingerprint density at radius 3 is 2.80 bits per heavy atom. The van der Waals surface area contributed by atoms with Crippen molar-refractivity contribution in [2.45, 2.75) is 38.6 Å². The quantitative estimate of drug-likeness (QED) is 0.569. The molecule has 0 unspecified atom stereocenters. The highest BCUT2D eigenvalue weighted by molar-refractivity contribution is 5.75. The van der Waals surface area contributed by atoms with Crippen LogP contribution in [0.1, 0.15) is 24.0 Å². The standard InChI is InChI=1S/C22H27N5O3/c1-25(13-19-7-10-29-15-19)12-18-3-2-4-21(11-18)30-20-5-8-26(9-6-20)22(28)14-27-17-23-16-24-27/h2-4,7,10-11,15-17,20H,5-6,8-9,12-14H2,1H3. The minimum Gasteiger partial charge on any atom is -0.490 e. The van der Waals surface area contributed by atoms with Gasteiger partial charge in [-0.3, -0.25) is 9.69 Å². The molecule has 8 heteroatoms. The van der Waals surface area contributed by atoms with Gasteiger partial charge in [-0.25, -0.2) is 9.67 Å². The first-order chi connectivity index (χ1) is 14.7. The van der Waals surface area contributed by atoms with Crippen LogP contribution in [0, 0.1) is 0 Å². The van der Waals surface area contributed by atoms with Crippen molar-refractivity contribution in [1.82, 2.24) is 24.6 Å². The molecule has 0 radical (unpaired) electrons. The molecule has 3 heterocycles. The van der Waals surface area contributed by atoms with E-state index in [0.29, 0.717) is 13.1 Å². The van der Waals surface area contributed by atoms with E-state index in [-0.39, 0.29) is 18.6 Å². The summed E-state index contributed by atoms with van der Waals surface area (Å²) in [6.07, 6.45) is 8.26. The van der Waals surface area contributed by atoms with Gasteiger partial charge in [0.15, 0.2) is 0 Å². The molecule has 1 amide bonds. The van der Waals surface area contributed by atoms with Gasteiger partial charge in [-0.05, 0) is 30.8 Å². The lowest BCUT2D eigenvalue weighted by Crippen LogP contribution is -2.43. The average Bonchev–Trinajstić information content (AvgIpc) is 3.43. The van der Waals surface area contributed by atoms with Crippen LogP contribution in [0.4, 0.5) is 0 Å². The lowest BCUT2D eigenvalue weighted by molar-refractivity contribution is -0.133. The van der Waals surface area contributed by atoms with Gasteiger partial charge in [0.25, 0.3) is 0 Å². The maximum absolute atomic E-state index is 12.4. The largest absolute Gasteiger partial charge is 0.490 e. The molecule has 1 aliphatic heterocycles. The molecular formula is C22H27N5O3. The second kappa shape index (κ2) is 9.58. The van der Waals surface area contributed by atoms with Gasteiger partial charge in [0, 0.05) is 44.6 Å². The van der Waals surface area contributed by atoms with Gasteiger partial charge in [-0.15, -0.1) is 0 Å². The summed E-state index contributed by atoms with van der Waals surface area (Å²) in [5.74, 6) is 0.957. The number of likely N-dealkylation sites (tertiary alicyclic amines) is 1. The van der Waals surface area contributed by atoms with E-state index in [4.69, 9.17) is 9.15 Å². The summed E-state index contributed by atoms with van der Waals surface area (Å²) in [4.78, 5) is 20.4. The van der Waals surface area contributed by atoms with Gasteiger partial charge in [0.1, 0.15) is 31.1 Å². The maximum atomic E-state index is 12.4. The Hall–Kier alpha value is -3.13. The molecule has 0 spiro atoms. The molecule has 2 aromatic heterocycles. The fourth-order valence-corrected chi connectivity index (χ4v) is 3.75. The number of furan rings is 1. The SMILES string of the molecule is CN(Cc1ccoc1)Cc1cccc(OC2CCN(C(=O)Cn3cncn3)CC2)c1. The highest BCUT2D eigenvalue weighted by Gasteiger charge is 2.24. The van der Waals surface area contributed by atoms with Crippen LogP contribution >= 0.6 is 0 Å². The minimum atomic E-state index is 0.0709. The first-order valence-corrected chi connectivity index (χ1v) is 10.2. The fraction of sp³-hybridized carbons (Fsp3) is 0.409. The van der Waals surface area contributed by atoms with Crippen LogP contribution in [0.15, 0.2) is 59.9 Å². The number of nitrogens with zero attached hydrogens (tertiary/aromatic N) is 5. The summed E-state index contributed by atoms with van der Waals surface area (Å²) in [7, 11) is 2.09. The molecule has 3 aromatic rings. The Morgan fingerprint density at radius 2 is 2.07 bits per heavy atom. The Bertz CT molecular complexity index is 918. The Kier molecular flexibility index (Phi) is 6.44. The van der Waals surface area contributed by atoms with Crippen LogP contribution in [-0.4, -0.2) is 56.7 Å². The van der Waals surface area contributed by atoms with Crippen molar-refractivity contribution >= 4 is 5.91 Å². The number of aromatic nitrogens is 3. The van der Waals surface area contributed by atoms with Gasteiger partial charge in [-0.2, -0.15) is 5.10 Å². The van der Waals surface area contributed by atoms with Crippen molar-refractivity contribution in [2.24, 2.45) is 0 Å². The van der Waals surface area contributed by atoms with E-state index >= 15 is 0 Å². The number of hydrogen-bond donors (Lipinski definition) is 0. The molecule has 30 heavy (non-hydrogen) atoms. The summed E-state index contributed by atoms with van der Waals surface area (Å²) in [6, 6.07) is 10.2. The lowest BCUT2D eigenvalue weighted by atomic mass is 10.1. The van der Waals surface area contributed by atoms with Crippen molar-refractivity contribution in [3.05, 3.63) is 66.6 Å². The van der Waals surface area contributed by atoms with Crippen molar-refractivity contribution < 1.29 is 13.9 Å². The topological polar surface area (TPSA) is 76.6 Å². The van der Waals surface area contributed by atoms with Crippen LogP contribution in [0.25, 0.3) is 0 Å². The average molecular weight is 409 g/mol. The van der Waals surface area contributed by atoms with Crippen molar-refractivity contribution in [1.29, 1.82) is 0 Å². The van der Waals surface area contributed by atoms with Gasteiger partial charge in [0.2, 0.25) is 5.91 Å². The second-order valence-corrected chi connectivity index (χ2v) is 7.74. The lowest BCUT2D eigenvalue weighted by Gasteiger charge is -2.32. The smallest absolute Gasteiger partial charge is 0.244 e. The Balaban J connectivity index is 1.25. The zero-order chi connectivity index (χ0) is 20.8. The second-order valence-electron chi connectivity index (χ2n) is 7.74. The number of carbonyl (C=O) groups excluding carboxylic acids is 1. The fourth-order valence-electron chi connectivity index (χ4n) is 3.75. The van der Waals surface area contributed by atoms with Crippen LogP contribution in [0.3, 0.4) is 0 Å². The zero-order valence-corrected chi connectivity index (χ0v) is 17.2. The number of carbonyl (C=O) groups is 1. The number of ether oxygens (including phenoxy) is 1. The van der Waals surface area contributed by atoms with E-state index in [1.165, 1.54) is 11.9 Å². The number of piperidine rings is 1. The van der Waals surface area contributed by atoms with Gasteiger partial charge in [-0.1, -0.05) is 12.1 Å². The third-order valence-electron chi connectivity index (χ3n) is 5.24. The first-order valence-electron chi connectivity index (χ1n) is 10.2. The van der Waals surface area contributed by atoms with Gasteiger partial charge >= 0.3 is 0 Å². The van der Waals surface area contributed by atoms with Crippen LogP contribution in [-0.2, 0) is 24.4 Å². The molecule has 0 aliphatic carbocycles. The predicted molar refractivity (Wildman–Crippen MR) is 111 cm³/mol. The van der Waals surface area contributed by atoms with Gasteiger partial charge < -0.3 is 14.1 Å². The van der Waals surface area contributed by atoms with E-state index in [0.717, 1.165) is 37.2 Å². The normalized spacial score (nSPS) is 14.9. The highest BCUT2D eigenvalue weighted by atomic mass is 16.5. The van der Waals surface area contributed by atoms with E-state index in [2.05, 4.69) is 34.2 Å². The van der Waals surface area contributed by atoms with E-state index in [9.17, 15) is 4.79 Å². The summed E-state index contributed by atoms with van der Waals surface area (Å²) in [5, 5.41) is 4.00. The summed E-state index contributed by atoms with van der Waals surface area (Å²) in [5.41, 5.74) is 2.37. The molecule has 0 atom stereocenters. The number of amides is 1. The summed E-state index contributed by atoms with van der Waals surface area (Å²) >= 11 is 0. The Morgan fingerprint density at radius 1 is 1.23 bits per heavy atom. The molecule has 4 rings (SSSR count). The van der Waals surface area contributed by atoms with E-state index in [1.54, 1.807) is 23.5 Å². The Labute approximate surface area is 176 Å². The van der Waals surface area contributed by atoms with Crippen molar-refractivity contribution in [2.75, 3.05) is 20.1 Å². The molecule has 0 N–H and O–H groups in total. The maximum Gasteiger partial charge on any atom is 0.244 e. The number of benzene rings is 1. The molecule has 1 aliphatic rings. The molecular weight excluding hydrogens is 382 g/mol. The van der Waals surface area contributed by atoms with Gasteiger partial charge in [0.05, 0.1) is 12.5 Å². The molecule has 158 valence electrons. The number of hydrogen-bond acceptors (Lipinski definition) is 6. The summed E-state index contributed by atoms with van der Waals surface area (Å²) < 4.78 is 12.9. The molecule has 1 aromatic carbocycles. The van der Waals surface area contributed by atoms with Crippen LogP contribution in [0.5, 0.6) is 5.75 Å². The first kappa shape index (κ1) is 20.2. The van der Waals surface area contributed by atoms with Crippen molar-refractivity contribution in [3.8, 4) is 5.75 Å². The number of rotatable bonds is 8. The van der Waals surface area contributed by atoms with E-state index < -0.39 is 0 Å². The van der Waals surface area contributed by atoms with E-state index in [1.807, 2.05) is 23.1 Å². The molecule has 1 saturated heterocycles. The van der Waals surface area contributed by atoms with Crippen LogP contribution in [0.2, 0.25) is 0 Å². The highest BCUT2D eigenvalue weighted by Crippen LogP contribution is 2.21. The zero-order valence-electron chi connectivity index (χ0n) is 17.2. The van der Waals surface area contributed by atoms with Crippen LogP contribution < -0.4 is 4.74 Å². The molecule has 0 bridgehead atoms. The third kappa shape index (κ3) is 5.48. The molecule has 8 nitrogen and oxygen atoms in total. The summed E-state index contributed by atoms with van der Waals surface area (Å²) in [6.45, 7) is 3.30. The van der Waals surface area contributed by atoms with Crippen molar-refractivity contribution in [3.63, 3.8) is 0 Å². The minimum absolute atomic E-state index is 0.0709. The third-order valence-corrected chi connectivity index (χ3v) is 5.24. The monoisotopic (exact) mass is 409 g/mol. The molecule has 1 fully saturated rings. The molecule has 0 saturated carbocycles.